The highest BCUT2D eigenvalue weighted by Crippen LogP contribution is 2.31. The number of carbonyl (C=O) groups excluding carboxylic acids is 4. The summed E-state index contributed by atoms with van der Waals surface area (Å²) >= 11 is 7.69. The van der Waals surface area contributed by atoms with Gasteiger partial charge in [0.2, 0.25) is 17.7 Å². The zero-order valence-corrected chi connectivity index (χ0v) is 39.5. The van der Waals surface area contributed by atoms with Crippen LogP contribution in [0.4, 0.5) is 5.82 Å². The number of halogens is 1. The minimum atomic E-state index is -0.960. The van der Waals surface area contributed by atoms with Crippen molar-refractivity contribution in [1.82, 2.24) is 35.7 Å². The van der Waals surface area contributed by atoms with Crippen LogP contribution in [0.25, 0.3) is 10.4 Å². The predicted octanol–water partition coefficient (Wildman–Crippen LogP) is 4.89. The van der Waals surface area contributed by atoms with E-state index in [1.807, 2.05) is 76.5 Å². The van der Waals surface area contributed by atoms with Crippen LogP contribution in [-0.4, -0.2) is 131 Å². The number of nitrogens with one attached hydrogen (secondary N) is 3. The van der Waals surface area contributed by atoms with Gasteiger partial charge in [0.05, 0.1) is 51.0 Å². The highest BCUT2D eigenvalue weighted by Gasteiger charge is 2.45. The molecule has 18 heteroatoms. The lowest BCUT2D eigenvalue weighted by Gasteiger charge is -2.36. The van der Waals surface area contributed by atoms with E-state index >= 15 is 0 Å². The van der Waals surface area contributed by atoms with Gasteiger partial charge in [-0.15, -0.1) is 11.3 Å². The topological polar surface area (TPSA) is 202 Å². The van der Waals surface area contributed by atoms with Gasteiger partial charge in [0.15, 0.2) is 0 Å². The van der Waals surface area contributed by atoms with E-state index in [1.165, 1.54) is 4.90 Å². The second kappa shape index (κ2) is 21.3. The van der Waals surface area contributed by atoms with E-state index in [1.54, 1.807) is 41.8 Å². The first-order chi connectivity index (χ1) is 31.6. The van der Waals surface area contributed by atoms with Gasteiger partial charge in [-0.3, -0.25) is 24.1 Å². The monoisotopic (exact) mass is 939 g/mol. The van der Waals surface area contributed by atoms with Crippen molar-refractivity contribution >= 4 is 52.4 Å². The van der Waals surface area contributed by atoms with Crippen molar-refractivity contribution in [2.45, 2.75) is 90.3 Å². The maximum Gasteiger partial charge on any atom is 0.253 e. The average molecular weight is 941 g/mol. The molecule has 2 unspecified atom stereocenters. The Kier molecular flexibility index (Phi) is 15.6. The number of aromatic nitrogens is 2. The van der Waals surface area contributed by atoms with Gasteiger partial charge in [0.1, 0.15) is 42.4 Å². The molecule has 2 aromatic carbocycles. The number of aryl methyl sites for hydroxylation is 1. The molecule has 0 bridgehead atoms. The van der Waals surface area contributed by atoms with Gasteiger partial charge >= 0.3 is 0 Å². The summed E-state index contributed by atoms with van der Waals surface area (Å²) in [6.45, 7) is 13.0. The fraction of sp³-hybridized carbons (Fsp3) is 0.479. The van der Waals surface area contributed by atoms with E-state index in [0.29, 0.717) is 47.9 Å². The molecule has 4 atom stereocenters. The molecular formula is C48H58ClN9O7S. The van der Waals surface area contributed by atoms with Crippen LogP contribution in [-0.2, 0) is 19.1 Å². The van der Waals surface area contributed by atoms with Gasteiger partial charge in [0.25, 0.3) is 5.91 Å². The Balaban J connectivity index is 0.805. The van der Waals surface area contributed by atoms with Crippen LogP contribution in [0.2, 0.25) is 5.02 Å². The standard InChI is InChI=1S/C48H58ClN9O7S/c1-29(31-6-8-32(9-7-31)43-30(2)52-28-66-43)53-46(62)40-22-36(59)26-58(40)47(63)44(48(3,4)5)55-42(60)27-64-19-18-56-14-16-57(17-15-56)41-13-11-34(25-51-41)45(61)54-35-20-38(21-35)65-37-12-10-33(24-50)39(49)23-37/h6-13,23,25,28-29,35-36,38,40,44,59H,14-22,26-27H2,1-5H3,(H,53,62)(H,54,61)(H,55,60)/t29?,35?,36-,38?,40+,44?/m1/s1. The number of nitriles is 1. The molecule has 7 rings (SSSR count). The molecule has 16 nitrogen and oxygen atoms in total. The van der Waals surface area contributed by atoms with E-state index < -0.39 is 35.4 Å². The van der Waals surface area contributed by atoms with Gasteiger partial charge in [0, 0.05) is 76.8 Å². The number of amides is 4. The summed E-state index contributed by atoms with van der Waals surface area (Å²) in [5.41, 5.74) is 4.90. The van der Waals surface area contributed by atoms with Gasteiger partial charge in [-0.2, -0.15) is 5.26 Å². The quantitative estimate of drug-likeness (QED) is 0.111. The lowest BCUT2D eigenvalue weighted by Crippen LogP contribution is -2.58. The van der Waals surface area contributed by atoms with Crippen molar-refractivity contribution < 1.29 is 33.8 Å². The van der Waals surface area contributed by atoms with Crippen LogP contribution in [0.1, 0.15) is 80.2 Å². The molecule has 4 amide bonds. The number of hydrogen-bond donors (Lipinski definition) is 4. The van der Waals surface area contributed by atoms with Crippen LogP contribution >= 0.6 is 22.9 Å². The molecule has 1 saturated carbocycles. The van der Waals surface area contributed by atoms with Crippen molar-refractivity contribution in [3.63, 3.8) is 0 Å². The Labute approximate surface area is 394 Å². The van der Waals surface area contributed by atoms with Gasteiger partial charge in [-0.05, 0) is 54.7 Å². The van der Waals surface area contributed by atoms with Gasteiger partial charge in [-0.1, -0.05) is 56.6 Å². The second-order valence-corrected chi connectivity index (χ2v) is 19.6. The number of carbonyl (C=O) groups is 4. The first kappa shape index (κ1) is 48.3. The SMILES string of the molecule is Cc1ncsc1-c1ccc(C(C)NC(=O)[C@@H]2C[C@@H](O)CN2C(=O)C(NC(=O)COCCN2CCN(c3ccc(C(=O)NC4CC(Oc5ccc(C#N)c(Cl)c5)C4)cn3)CC2)C(C)(C)C)cc1. The summed E-state index contributed by atoms with van der Waals surface area (Å²) in [5, 5.41) is 29.0. The molecule has 3 fully saturated rings. The molecule has 4 aromatic rings. The summed E-state index contributed by atoms with van der Waals surface area (Å²) in [7, 11) is 0. The molecule has 1 aliphatic carbocycles. The maximum atomic E-state index is 14.1. The lowest BCUT2D eigenvalue weighted by atomic mass is 9.85. The summed E-state index contributed by atoms with van der Waals surface area (Å²) in [6, 6.07) is 16.4. The van der Waals surface area contributed by atoms with Crippen LogP contribution in [0.15, 0.2) is 66.3 Å². The number of piperazine rings is 1. The lowest BCUT2D eigenvalue weighted by molar-refractivity contribution is -0.144. The molecule has 3 aliphatic rings. The highest BCUT2D eigenvalue weighted by molar-refractivity contribution is 7.13. The normalized spacial score (nSPS) is 20.7. The summed E-state index contributed by atoms with van der Waals surface area (Å²) < 4.78 is 11.7. The number of benzene rings is 2. The third-order valence-electron chi connectivity index (χ3n) is 12.3. The van der Waals surface area contributed by atoms with Crippen molar-refractivity contribution in [2.75, 3.05) is 57.4 Å². The Bertz CT molecular complexity index is 2390. The number of pyridine rings is 1. The van der Waals surface area contributed by atoms with Gasteiger partial charge < -0.3 is 40.3 Å². The number of likely N-dealkylation sites (tertiary alicyclic amines) is 1. The van der Waals surface area contributed by atoms with E-state index in [0.717, 1.165) is 53.7 Å². The number of nitrogens with zero attached hydrogens (tertiary/aromatic N) is 6. The van der Waals surface area contributed by atoms with E-state index in [4.69, 9.17) is 26.3 Å². The summed E-state index contributed by atoms with van der Waals surface area (Å²) in [5.74, 6) is -0.0571. The zero-order valence-electron chi connectivity index (χ0n) is 38.0. The molecule has 0 spiro atoms. The van der Waals surface area contributed by atoms with Crippen molar-refractivity contribution in [2.24, 2.45) is 5.41 Å². The first-order valence-electron chi connectivity index (χ1n) is 22.3. The third kappa shape index (κ3) is 12.0. The molecule has 350 valence electrons. The minimum Gasteiger partial charge on any atom is -0.490 e. The molecule has 2 saturated heterocycles. The number of rotatable bonds is 16. The Morgan fingerprint density at radius 1 is 1.00 bits per heavy atom. The maximum absolute atomic E-state index is 14.1. The highest BCUT2D eigenvalue weighted by atomic mass is 35.5. The molecule has 2 aliphatic heterocycles. The first-order valence-corrected chi connectivity index (χ1v) is 23.6. The average Bonchev–Trinajstić information content (AvgIpc) is 3.91. The minimum absolute atomic E-state index is 0.0117. The number of anilines is 1. The fourth-order valence-corrected chi connectivity index (χ4v) is 9.41. The predicted molar refractivity (Wildman–Crippen MR) is 251 cm³/mol. The second-order valence-electron chi connectivity index (χ2n) is 18.3. The third-order valence-corrected chi connectivity index (χ3v) is 13.6. The molecule has 0 radical (unpaired) electrons. The van der Waals surface area contributed by atoms with Crippen molar-refractivity contribution in [3.05, 3.63) is 93.7 Å². The summed E-state index contributed by atoms with van der Waals surface area (Å²) in [6.07, 6.45) is 2.09. The Hall–Kier alpha value is -5.64. The number of aliphatic hydroxyl groups is 1. The molecular weight excluding hydrogens is 882 g/mol. The molecule has 4 heterocycles. The zero-order chi connectivity index (χ0) is 47.1. The number of aliphatic hydroxyl groups excluding tert-OH is 1. The molecule has 4 N–H and O–H groups in total. The van der Waals surface area contributed by atoms with E-state index in [-0.39, 0.29) is 49.6 Å². The largest absolute Gasteiger partial charge is 0.490 e. The molecule has 66 heavy (non-hydrogen) atoms. The van der Waals surface area contributed by atoms with E-state index in [2.05, 4.69) is 35.7 Å². The van der Waals surface area contributed by atoms with Gasteiger partial charge in [-0.25, -0.2) is 9.97 Å². The number of thiazole rings is 1. The summed E-state index contributed by atoms with van der Waals surface area (Å²) in [4.78, 5) is 69.7. The van der Waals surface area contributed by atoms with Crippen LogP contribution in [0.3, 0.4) is 0 Å². The van der Waals surface area contributed by atoms with Crippen molar-refractivity contribution in [3.8, 4) is 22.3 Å². The Morgan fingerprint density at radius 2 is 1.74 bits per heavy atom. The van der Waals surface area contributed by atoms with Crippen LogP contribution in [0, 0.1) is 23.7 Å². The number of hydrogen-bond acceptors (Lipinski definition) is 13. The van der Waals surface area contributed by atoms with Crippen molar-refractivity contribution in [1.29, 1.82) is 5.26 Å². The Morgan fingerprint density at radius 3 is 2.38 bits per heavy atom. The van der Waals surface area contributed by atoms with Crippen LogP contribution in [0.5, 0.6) is 5.75 Å². The van der Waals surface area contributed by atoms with Crippen LogP contribution < -0.4 is 25.6 Å². The number of β-amino-alcohol motifs (C(OH)–C–C–N with tert-alkyl or cyclic N) is 1. The fourth-order valence-electron chi connectivity index (χ4n) is 8.39. The molecule has 2 aromatic heterocycles. The van der Waals surface area contributed by atoms with E-state index in [9.17, 15) is 24.3 Å². The number of ether oxygens (including phenoxy) is 2. The smallest absolute Gasteiger partial charge is 0.253 e.